The van der Waals surface area contributed by atoms with Gasteiger partial charge in [0.1, 0.15) is 11.8 Å². The molecule has 1 aromatic heterocycles. The third kappa shape index (κ3) is 4.43. The first-order valence-electron chi connectivity index (χ1n) is 10.8. The molecular formula is C26H25N3O4. The minimum absolute atomic E-state index is 0.125. The number of ether oxygens (including phenoxy) is 1. The molecule has 1 N–H and O–H groups in total. The van der Waals surface area contributed by atoms with Crippen LogP contribution in [-0.2, 0) is 11.3 Å². The van der Waals surface area contributed by atoms with Gasteiger partial charge in [0.2, 0.25) is 5.91 Å². The van der Waals surface area contributed by atoms with Gasteiger partial charge in [-0.1, -0.05) is 49.4 Å². The number of aromatic nitrogens is 2. The maximum Gasteiger partial charge on any atom is 0.332 e. The zero-order valence-electron chi connectivity index (χ0n) is 18.5. The first-order valence-corrected chi connectivity index (χ1v) is 10.8. The highest BCUT2D eigenvalue weighted by molar-refractivity contribution is 5.94. The average Bonchev–Trinajstić information content (AvgIpc) is 2.85. The molecule has 1 unspecified atom stereocenters. The van der Waals surface area contributed by atoms with Crippen LogP contribution in [0.2, 0.25) is 0 Å². The molecule has 168 valence electrons. The van der Waals surface area contributed by atoms with E-state index in [0.717, 1.165) is 5.56 Å². The number of fused-ring (bicyclic) bond motifs is 1. The molecule has 0 saturated carbocycles. The fourth-order valence-electron chi connectivity index (χ4n) is 3.92. The summed E-state index contributed by atoms with van der Waals surface area (Å²) in [6.07, 6.45) is 0.370. The van der Waals surface area contributed by atoms with Crippen LogP contribution in [-0.4, -0.2) is 22.2 Å². The van der Waals surface area contributed by atoms with Crippen molar-refractivity contribution in [2.24, 2.45) is 0 Å². The number of carbonyl (C=O) groups excluding carboxylic acids is 1. The van der Waals surface area contributed by atoms with Gasteiger partial charge in [0.25, 0.3) is 5.56 Å². The highest BCUT2D eigenvalue weighted by Crippen LogP contribution is 2.20. The highest BCUT2D eigenvalue weighted by Gasteiger charge is 2.24. The fraction of sp³-hybridized carbons (Fsp3) is 0.192. The number of benzene rings is 3. The number of amides is 1. The Hall–Kier alpha value is -4.13. The van der Waals surface area contributed by atoms with E-state index in [0.29, 0.717) is 28.8 Å². The smallest absolute Gasteiger partial charge is 0.332 e. The third-order valence-corrected chi connectivity index (χ3v) is 5.62. The molecule has 0 aliphatic heterocycles. The number of nitrogens with zero attached hydrogens (tertiary/aromatic N) is 2. The summed E-state index contributed by atoms with van der Waals surface area (Å²) < 4.78 is 7.78. The lowest BCUT2D eigenvalue weighted by molar-refractivity contribution is -0.119. The molecule has 0 aliphatic rings. The summed E-state index contributed by atoms with van der Waals surface area (Å²) in [5, 5.41) is 3.27. The van der Waals surface area contributed by atoms with Gasteiger partial charge in [-0.25, -0.2) is 4.79 Å². The highest BCUT2D eigenvalue weighted by atomic mass is 16.5. The van der Waals surface area contributed by atoms with Crippen LogP contribution >= 0.6 is 0 Å². The van der Waals surface area contributed by atoms with Gasteiger partial charge in [0, 0.05) is 5.69 Å². The molecule has 1 amide bonds. The number of methoxy groups -OCH3 is 1. The van der Waals surface area contributed by atoms with E-state index < -0.39 is 11.7 Å². The SMILES string of the molecule is CCC(C(=O)Nc1ccc(OC)cc1)n1c(=O)n(Cc2ccccc2)c(=O)c2ccccc21. The molecule has 33 heavy (non-hydrogen) atoms. The van der Waals surface area contributed by atoms with Crippen molar-refractivity contribution in [3.8, 4) is 5.75 Å². The van der Waals surface area contributed by atoms with Crippen molar-refractivity contribution < 1.29 is 9.53 Å². The molecule has 0 radical (unpaired) electrons. The monoisotopic (exact) mass is 443 g/mol. The summed E-state index contributed by atoms with van der Waals surface area (Å²) in [4.78, 5) is 40.0. The van der Waals surface area contributed by atoms with Crippen molar-refractivity contribution >= 4 is 22.5 Å². The lowest BCUT2D eigenvalue weighted by Gasteiger charge is -2.21. The summed E-state index contributed by atoms with van der Waals surface area (Å²) in [6.45, 7) is 1.96. The molecule has 0 saturated heterocycles. The molecule has 7 nitrogen and oxygen atoms in total. The molecule has 0 fully saturated rings. The predicted molar refractivity (Wildman–Crippen MR) is 129 cm³/mol. The number of nitrogens with one attached hydrogen (secondary N) is 1. The Bertz CT molecular complexity index is 1390. The number of rotatable bonds is 7. The molecule has 4 rings (SSSR count). The normalized spacial score (nSPS) is 11.8. The number of hydrogen-bond donors (Lipinski definition) is 1. The van der Waals surface area contributed by atoms with Crippen molar-refractivity contribution in [3.05, 3.63) is 105 Å². The largest absolute Gasteiger partial charge is 0.497 e. The van der Waals surface area contributed by atoms with E-state index in [-0.39, 0.29) is 18.0 Å². The summed E-state index contributed by atoms with van der Waals surface area (Å²) in [6, 6.07) is 22.4. The van der Waals surface area contributed by atoms with E-state index >= 15 is 0 Å². The van der Waals surface area contributed by atoms with Gasteiger partial charge in [-0.05, 0) is 48.4 Å². The standard InChI is InChI=1S/C26H25N3O4/c1-3-22(24(30)27-19-13-15-20(33-2)16-14-19)29-23-12-8-7-11-21(23)25(31)28(26(29)32)17-18-9-5-4-6-10-18/h4-16,22H,3,17H2,1-2H3,(H,27,30). The second-order valence-electron chi connectivity index (χ2n) is 7.69. The predicted octanol–water partition coefficient (Wildman–Crippen LogP) is 3.81. The second-order valence-corrected chi connectivity index (χ2v) is 7.69. The Kier molecular flexibility index (Phi) is 6.40. The van der Waals surface area contributed by atoms with Crippen molar-refractivity contribution in [3.63, 3.8) is 0 Å². The molecule has 0 aliphatic carbocycles. The molecule has 0 bridgehead atoms. The van der Waals surface area contributed by atoms with E-state index in [1.165, 1.54) is 9.13 Å². The van der Waals surface area contributed by atoms with Crippen LogP contribution in [0.15, 0.2) is 88.5 Å². The first-order chi connectivity index (χ1) is 16.0. The van der Waals surface area contributed by atoms with Gasteiger partial charge >= 0.3 is 5.69 Å². The zero-order chi connectivity index (χ0) is 23.4. The maximum atomic E-state index is 13.6. The van der Waals surface area contributed by atoms with E-state index in [9.17, 15) is 14.4 Å². The van der Waals surface area contributed by atoms with Crippen molar-refractivity contribution in [1.82, 2.24) is 9.13 Å². The van der Waals surface area contributed by atoms with Crippen molar-refractivity contribution in [2.45, 2.75) is 25.9 Å². The lowest BCUT2D eigenvalue weighted by Crippen LogP contribution is -2.44. The van der Waals surface area contributed by atoms with Crippen LogP contribution in [0.4, 0.5) is 5.69 Å². The van der Waals surface area contributed by atoms with Crippen LogP contribution in [0.3, 0.4) is 0 Å². The minimum atomic E-state index is -0.799. The van der Waals surface area contributed by atoms with Gasteiger partial charge in [-0.3, -0.25) is 18.7 Å². The Morgan fingerprint density at radius 1 is 0.939 bits per heavy atom. The summed E-state index contributed by atoms with van der Waals surface area (Å²) in [7, 11) is 1.57. The number of hydrogen-bond acceptors (Lipinski definition) is 4. The Labute approximate surface area is 190 Å². The zero-order valence-corrected chi connectivity index (χ0v) is 18.5. The van der Waals surface area contributed by atoms with E-state index in [4.69, 9.17) is 4.74 Å². The van der Waals surface area contributed by atoms with Crippen LogP contribution < -0.4 is 21.3 Å². The Balaban J connectivity index is 1.81. The molecule has 4 aromatic rings. The van der Waals surface area contributed by atoms with E-state index in [2.05, 4.69) is 5.32 Å². The van der Waals surface area contributed by atoms with Gasteiger partial charge < -0.3 is 10.1 Å². The second kappa shape index (κ2) is 9.56. The number of carbonyl (C=O) groups is 1. The molecule has 0 spiro atoms. The topological polar surface area (TPSA) is 82.3 Å². The van der Waals surface area contributed by atoms with Gasteiger partial charge in [-0.15, -0.1) is 0 Å². The molecule has 3 aromatic carbocycles. The molecule has 1 atom stereocenters. The maximum absolute atomic E-state index is 13.6. The molecular weight excluding hydrogens is 418 g/mol. The van der Waals surface area contributed by atoms with Crippen LogP contribution in [0.5, 0.6) is 5.75 Å². The van der Waals surface area contributed by atoms with Crippen LogP contribution in [0.1, 0.15) is 24.9 Å². The van der Waals surface area contributed by atoms with Gasteiger partial charge in [0.05, 0.1) is 24.6 Å². The first kappa shape index (κ1) is 22.1. The van der Waals surface area contributed by atoms with Gasteiger partial charge in [-0.2, -0.15) is 0 Å². The van der Waals surface area contributed by atoms with E-state index in [1.807, 2.05) is 37.3 Å². The minimum Gasteiger partial charge on any atom is -0.497 e. The number of anilines is 1. The lowest BCUT2D eigenvalue weighted by atomic mass is 10.1. The summed E-state index contributed by atoms with van der Waals surface area (Å²) >= 11 is 0. The van der Waals surface area contributed by atoms with Gasteiger partial charge in [0.15, 0.2) is 0 Å². The van der Waals surface area contributed by atoms with Crippen LogP contribution in [0, 0.1) is 0 Å². The Morgan fingerprint density at radius 2 is 1.61 bits per heavy atom. The number of para-hydroxylation sites is 1. The van der Waals surface area contributed by atoms with Crippen molar-refractivity contribution in [2.75, 3.05) is 12.4 Å². The quantitative estimate of drug-likeness (QED) is 0.471. The fourth-order valence-corrected chi connectivity index (χ4v) is 3.92. The van der Waals surface area contributed by atoms with Crippen LogP contribution in [0.25, 0.3) is 10.9 Å². The molecule has 7 heteroatoms. The summed E-state index contributed by atoms with van der Waals surface area (Å²) in [5.74, 6) is 0.343. The van der Waals surface area contributed by atoms with Crippen molar-refractivity contribution in [1.29, 1.82) is 0 Å². The molecule has 1 heterocycles. The summed E-state index contributed by atoms with van der Waals surface area (Å²) in [5.41, 5.74) is 0.970. The Morgan fingerprint density at radius 3 is 2.27 bits per heavy atom. The van der Waals surface area contributed by atoms with E-state index in [1.54, 1.807) is 55.6 Å². The average molecular weight is 444 g/mol. The third-order valence-electron chi connectivity index (χ3n) is 5.62.